The Morgan fingerprint density at radius 1 is 1.00 bits per heavy atom. The lowest BCUT2D eigenvalue weighted by atomic mass is 10.0. The van der Waals surface area contributed by atoms with E-state index < -0.39 is 5.97 Å². The molecular weight excluding hydrogens is 558 g/mol. The van der Waals surface area contributed by atoms with Crippen molar-refractivity contribution < 1.29 is 19.5 Å². The zero-order chi connectivity index (χ0) is 26.4. The van der Waals surface area contributed by atoms with E-state index in [1.807, 2.05) is 48.6 Å². The van der Waals surface area contributed by atoms with E-state index in [4.69, 9.17) is 16.7 Å². The highest BCUT2D eigenvalue weighted by atomic mass is 79.9. The van der Waals surface area contributed by atoms with Crippen LogP contribution in [-0.4, -0.2) is 72.0 Å². The fourth-order valence-electron chi connectivity index (χ4n) is 4.61. The van der Waals surface area contributed by atoms with Gasteiger partial charge in [0.05, 0.1) is 12.0 Å². The van der Waals surface area contributed by atoms with Crippen LogP contribution in [0.15, 0.2) is 58.6 Å². The molecule has 2 amide bonds. The largest absolute Gasteiger partial charge is 0.481 e. The van der Waals surface area contributed by atoms with E-state index in [1.165, 1.54) is 0 Å². The van der Waals surface area contributed by atoms with Gasteiger partial charge in [-0.05, 0) is 52.9 Å². The molecule has 9 heteroatoms. The van der Waals surface area contributed by atoms with E-state index >= 15 is 0 Å². The lowest BCUT2D eigenvalue weighted by molar-refractivity contribution is -0.141. The third-order valence-electron chi connectivity index (χ3n) is 6.60. The van der Waals surface area contributed by atoms with Gasteiger partial charge in [-0.25, -0.2) is 0 Å². The van der Waals surface area contributed by atoms with Crippen LogP contribution in [0.2, 0.25) is 5.02 Å². The molecule has 1 aliphatic carbocycles. The van der Waals surface area contributed by atoms with Crippen LogP contribution in [0.4, 0.5) is 0 Å². The first-order valence-corrected chi connectivity index (χ1v) is 13.4. The van der Waals surface area contributed by atoms with Gasteiger partial charge < -0.3 is 15.3 Å². The van der Waals surface area contributed by atoms with Gasteiger partial charge in [0.1, 0.15) is 0 Å². The number of aliphatic carboxylic acids is 1. The maximum Gasteiger partial charge on any atom is 0.303 e. The number of benzene rings is 2. The molecule has 0 atom stereocenters. The number of nitrogens with one attached hydrogen (secondary N) is 1. The molecule has 1 saturated heterocycles. The Bertz CT molecular complexity index is 1230. The molecule has 7 nitrogen and oxygen atoms in total. The van der Waals surface area contributed by atoms with Gasteiger partial charge in [-0.15, -0.1) is 0 Å². The second kappa shape index (κ2) is 12.5. The van der Waals surface area contributed by atoms with Crippen LogP contribution < -0.4 is 5.32 Å². The quantitative estimate of drug-likeness (QED) is 0.459. The molecule has 1 heterocycles. The lowest BCUT2D eigenvalue weighted by Crippen LogP contribution is -2.50. The molecule has 0 aromatic heterocycles. The Morgan fingerprint density at radius 3 is 2.43 bits per heavy atom. The molecule has 0 unspecified atom stereocenters. The normalized spacial score (nSPS) is 15.8. The molecule has 0 bridgehead atoms. The molecule has 37 heavy (non-hydrogen) atoms. The first kappa shape index (κ1) is 27.1. The highest BCUT2D eigenvalue weighted by molar-refractivity contribution is 9.10. The first-order valence-electron chi connectivity index (χ1n) is 12.3. The Labute approximate surface area is 229 Å². The highest BCUT2D eigenvalue weighted by Crippen LogP contribution is 2.35. The summed E-state index contributed by atoms with van der Waals surface area (Å²) in [5, 5.41) is 12.5. The smallest absolute Gasteiger partial charge is 0.303 e. The van der Waals surface area contributed by atoms with Crippen molar-refractivity contribution in [3.63, 3.8) is 0 Å². The predicted molar refractivity (Wildman–Crippen MR) is 148 cm³/mol. The number of halogens is 2. The fourth-order valence-corrected chi connectivity index (χ4v) is 5.14. The number of hydrogen-bond acceptors (Lipinski definition) is 4. The number of rotatable bonds is 9. The van der Waals surface area contributed by atoms with Gasteiger partial charge in [0.15, 0.2) is 0 Å². The van der Waals surface area contributed by atoms with Crippen molar-refractivity contribution in [2.24, 2.45) is 0 Å². The number of hydrogen-bond donors (Lipinski definition) is 2. The van der Waals surface area contributed by atoms with Gasteiger partial charge in [0.2, 0.25) is 5.91 Å². The van der Waals surface area contributed by atoms with Gasteiger partial charge in [0.25, 0.3) is 5.91 Å². The fraction of sp³-hybridized carbons (Fsp3) is 0.321. The van der Waals surface area contributed by atoms with Crippen LogP contribution in [0.25, 0.3) is 11.6 Å². The molecule has 2 aromatic rings. The van der Waals surface area contributed by atoms with Crippen molar-refractivity contribution >= 4 is 57.0 Å². The third kappa shape index (κ3) is 7.31. The molecular formula is C28H29BrClN3O4. The molecule has 0 radical (unpaired) electrons. The second-order valence-corrected chi connectivity index (χ2v) is 10.5. The summed E-state index contributed by atoms with van der Waals surface area (Å²) in [7, 11) is 0. The van der Waals surface area contributed by atoms with Crippen LogP contribution in [0.1, 0.15) is 29.5 Å². The topological polar surface area (TPSA) is 89.9 Å². The number of amides is 2. The minimum absolute atomic E-state index is 0.0351. The van der Waals surface area contributed by atoms with Crippen LogP contribution >= 0.6 is 27.5 Å². The lowest BCUT2D eigenvalue weighted by Gasteiger charge is -2.34. The van der Waals surface area contributed by atoms with Crippen LogP contribution in [0, 0.1) is 0 Å². The number of piperazine rings is 1. The highest BCUT2D eigenvalue weighted by Gasteiger charge is 2.26. The molecule has 0 spiro atoms. The van der Waals surface area contributed by atoms with Crippen molar-refractivity contribution in [1.29, 1.82) is 0 Å². The summed E-state index contributed by atoms with van der Waals surface area (Å²) in [5.74, 6) is -1.17. The molecule has 2 N–H and O–H groups in total. The average Bonchev–Trinajstić information content (AvgIpc) is 3.24. The van der Waals surface area contributed by atoms with Crippen molar-refractivity contribution in [2.75, 3.05) is 39.3 Å². The van der Waals surface area contributed by atoms with Crippen LogP contribution in [0.3, 0.4) is 0 Å². The number of nitrogens with zero attached hydrogens (tertiary/aromatic N) is 2. The van der Waals surface area contributed by atoms with Crippen molar-refractivity contribution in [2.45, 2.75) is 19.3 Å². The standard InChI is InChI=1S/C28H29BrClN3O4/c29-22-5-8-24-21(18-22)17-20(4-1-19-2-6-23(30)7-3-19)27(24)28(37)31-11-12-32-13-15-33(16-14-32)25(34)9-10-26(35)36/h1-8,18H,9-17H2,(H,31,37)(H,35,36)/b4-1+. The number of carboxylic acid groups (broad SMARTS) is 1. The maximum absolute atomic E-state index is 13.3. The van der Waals surface area contributed by atoms with E-state index in [0.29, 0.717) is 56.3 Å². The summed E-state index contributed by atoms with van der Waals surface area (Å²) >= 11 is 9.53. The van der Waals surface area contributed by atoms with Crippen molar-refractivity contribution in [3.05, 3.63) is 80.3 Å². The van der Waals surface area contributed by atoms with E-state index in [-0.39, 0.29) is 24.7 Å². The maximum atomic E-state index is 13.3. The number of allylic oxidation sites excluding steroid dienone is 2. The Balaban J connectivity index is 1.35. The van der Waals surface area contributed by atoms with E-state index in [2.05, 4.69) is 32.2 Å². The number of fused-ring (bicyclic) bond motifs is 1. The van der Waals surface area contributed by atoms with Gasteiger partial charge in [-0.1, -0.05) is 57.9 Å². The van der Waals surface area contributed by atoms with Gasteiger partial charge in [0, 0.05) is 55.2 Å². The molecule has 194 valence electrons. The molecule has 0 saturated carbocycles. The molecule has 2 aromatic carbocycles. The summed E-state index contributed by atoms with van der Waals surface area (Å²) in [6.45, 7) is 3.71. The summed E-state index contributed by atoms with van der Waals surface area (Å²) < 4.78 is 0.981. The van der Waals surface area contributed by atoms with Crippen molar-refractivity contribution in [3.8, 4) is 0 Å². The monoisotopic (exact) mass is 585 g/mol. The average molecular weight is 587 g/mol. The SMILES string of the molecule is O=C(O)CCC(=O)N1CCN(CCNC(=O)C2=C(/C=C/c3ccc(Cl)cc3)Cc3cc(Br)ccc32)CC1. The molecule has 2 aliphatic rings. The zero-order valence-corrected chi connectivity index (χ0v) is 22.7. The van der Waals surface area contributed by atoms with E-state index in [1.54, 1.807) is 4.90 Å². The minimum atomic E-state index is -0.959. The third-order valence-corrected chi connectivity index (χ3v) is 7.35. The van der Waals surface area contributed by atoms with Crippen LogP contribution in [0.5, 0.6) is 0 Å². The van der Waals surface area contributed by atoms with E-state index in [0.717, 1.165) is 26.7 Å². The van der Waals surface area contributed by atoms with E-state index in [9.17, 15) is 14.4 Å². The molecule has 1 aliphatic heterocycles. The molecule has 1 fully saturated rings. The van der Waals surface area contributed by atoms with Gasteiger partial charge in [-0.3, -0.25) is 19.3 Å². The first-order chi connectivity index (χ1) is 17.8. The Kier molecular flexibility index (Phi) is 9.18. The number of carboxylic acids is 1. The predicted octanol–water partition coefficient (Wildman–Crippen LogP) is 4.25. The Morgan fingerprint density at radius 2 is 1.73 bits per heavy atom. The molecule has 4 rings (SSSR count). The summed E-state index contributed by atoms with van der Waals surface area (Å²) in [5.41, 5.74) is 4.73. The summed E-state index contributed by atoms with van der Waals surface area (Å²) in [6, 6.07) is 13.6. The summed E-state index contributed by atoms with van der Waals surface area (Å²) in [6.07, 6.45) is 4.58. The number of carbonyl (C=O) groups is 3. The van der Waals surface area contributed by atoms with Gasteiger partial charge in [-0.2, -0.15) is 0 Å². The van der Waals surface area contributed by atoms with Crippen LogP contribution in [-0.2, 0) is 20.8 Å². The zero-order valence-electron chi connectivity index (χ0n) is 20.4. The number of carbonyl (C=O) groups excluding carboxylic acids is 2. The van der Waals surface area contributed by atoms with Crippen molar-refractivity contribution in [1.82, 2.24) is 15.1 Å². The minimum Gasteiger partial charge on any atom is -0.481 e. The second-order valence-electron chi connectivity index (χ2n) is 9.14. The summed E-state index contributed by atoms with van der Waals surface area (Å²) in [4.78, 5) is 40.1. The van der Waals surface area contributed by atoms with Gasteiger partial charge >= 0.3 is 5.97 Å². The Hall–Kier alpha value is -2.94.